The highest BCUT2D eigenvalue weighted by molar-refractivity contribution is 5.76. The first-order valence-electron chi connectivity index (χ1n) is 9.24. The molecule has 134 valence electrons. The smallest absolute Gasteiger partial charge is 0.220 e. The first-order chi connectivity index (χ1) is 11.5. The van der Waals surface area contributed by atoms with Gasteiger partial charge in [0.25, 0.3) is 0 Å². The molecule has 1 heterocycles. The highest BCUT2D eigenvalue weighted by Gasteiger charge is 2.19. The fraction of sp³-hybridized carbons (Fsp3) is 0.650. The summed E-state index contributed by atoms with van der Waals surface area (Å²) in [6, 6.07) is 8.24. The van der Waals surface area contributed by atoms with Crippen molar-refractivity contribution in [2.45, 2.75) is 52.1 Å². The van der Waals surface area contributed by atoms with Crippen molar-refractivity contribution in [3.63, 3.8) is 0 Å². The van der Waals surface area contributed by atoms with Crippen molar-refractivity contribution < 1.29 is 9.53 Å². The van der Waals surface area contributed by atoms with E-state index in [9.17, 15) is 4.79 Å². The van der Waals surface area contributed by atoms with Crippen LogP contribution in [0.4, 0.5) is 0 Å². The van der Waals surface area contributed by atoms with Crippen LogP contribution >= 0.6 is 0 Å². The van der Waals surface area contributed by atoms with E-state index in [1.165, 1.54) is 5.56 Å². The van der Waals surface area contributed by atoms with Crippen molar-refractivity contribution in [3.8, 4) is 5.75 Å². The van der Waals surface area contributed by atoms with Gasteiger partial charge < -0.3 is 15.0 Å². The molecule has 1 aliphatic heterocycles. The van der Waals surface area contributed by atoms with Gasteiger partial charge in [-0.25, -0.2) is 0 Å². The molecule has 24 heavy (non-hydrogen) atoms. The van der Waals surface area contributed by atoms with E-state index in [1.807, 2.05) is 26.0 Å². The molecule has 0 atom stereocenters. The molecule has 1 aliphatic rings. The van der Waals surface area contributed by atoms with Gasteiger partial charge in [0.1, 0.15) is 5.75 Å². The van der Waals surface area contributed by atoms with E-state index in [4.69, 9.17) is 4.74 Å². The van der Waals surface area contributed by atoms with Crippen LogP contribution in [0, 0.1) is 5.92 Å². The number of amides is 1. The van der Waals surface area contributed by atoms with Crippen molar-refractivity contribution in [3.05, 3.63) is 29.8 Å². The van der Waals surface area contributed by atoms with E-state index in [1.54, 1.807) is 0 Å². The Balaban J connectivity index is 1.63. The lowest BCUT2D eigenvalue weighted by molar-refractivity contribution is -0.122. The van der Waals surface area contributed by atoms with Gasteiger partial charge in [0.15, 0.2) is 0 Å². The lowest BCUT2D eigenvalue weighted by Gasteiger charge is -2.28. The monoisotopic (exact) mass is 332 g/mol. The summed E-state index contributed by atoms with van der Waals surface area (Å²) in [4.78, 5) is 14.4. The SMILES string of the molecule is CC(C)Oc1cccc(CCCNC(=O)CC2CCN(C)CC2)c1. The maximum Gasteiger partial charge on any atom is 0.220 e. The number of carbonyl (C=O) groups excluding carboxylic acids is 1. The molecular weight excluding hydrogens is 300 g/mol. The molecule has 0 bridgehead atoms. The van der Waals surface area contributed by atoms with Crippen molar-refractivity contribution in [1.29, 1.82) is 0 Å². The molecule has 0 saturated carbocycles. The standard InChI is InChI=1S/C20H32N2O2/c1-16(2)24-19-8-4-6-17(14-19)7-5-11-21-20(23)15-18-9-12-22(3)13-10-18/h4,6,8,14,16,18H,5,7,9-13,15H2,1-3H3,(H,21,23). The fourth-order valence-corrected chi connectivity index (χ4v) is 3.17. The zero-order valence-corrected chi connectivity index (χ0v) is 15.4. The molecule has 1 aromatic carbocycles. The summed E-state index contributed by atoms with van der Waals surface area (Å²) in [5.74, 6) is 1.70. The van der Waals surface area contributed by atoms with E-state index in [0.717, 1.165) is 51.1 Å². The molecule has 2 rings (SSSR count). The molecular formula is C20H32N2O2. The Morgan fingerprint density at radius 1 is 1.33 bits per heavy atom. The summed E-state index contributed by atoms with van der Waals surface area (Å²) >= 11 is 0. The second-order valence-electron chi connectivity index (χ2n) is 7.22. The minimum Gasteiger partial charge on any atom is -0.491 e. The number of aryl methyl sites for hydroxylation is 1. The topological polar surface area (TPSA) is 41.6 Å². The van der Waals surface area contributed by atoms with Crippen molar-refractivity contribution in [1.82, 2.24) is 10.2 Å². The number of hydrogen-bond donors (Lipinski definition) is 1. The van der Waals surface area contributed by atoms with Crippen LogP contribution < -0.4 is 10.1 Å². The Morgan fingerprint density at radius 3 is 2.79 bits per heavy atom. The highest BCUT2D eigenvalue weighted by Crippen LogP contribution is 2.19. The largest absolute Gasteiger partial charge is 0.491 e. The lowest BCUT2D eigenvalue weighted by atomic mass is 9.93. The van der Waals surface area contributed by atoms with E-state index in [2.05, 4.69) is 29.4 Å². The summed E-state index contributed by atoms with van der Waals surface area (Å²) in [5, 5.41) is 3.07. The molecule has 1 fully saturated rings. The van der Waals surface area contributed by atoms with Gasteiger partial charge in [0.2, 0.25) is 5.91 Å². The summed E-state index contributed by atoms with van der Waals surface area (Å²) in [7, 11) is 2.15. The average Bonchev–Trinajstić information content (AvgIpc) is 2.53. The fourth-order valence-electron chi connectivity index (χ4n) is 3.17. The maximum atomic E-state index is 12.0. The zero-order valence-electron chi connectivity index (χ0n) is 15.4. The molecule has 1 saturated heterocycles. The molecule has 0 spiro atoms. The third kappa shape index (κ3) is 6.91. The minimum atomic E-state index is 0.194. The third-order valence-corrected chi connectivity index (χ3v) is 4.55. The van der Waals surface area contributed by atoms with Gasteiger partial charge in [-0.1, -0.05) is 12.1 Å². The number of hydrogen-bond acceptors (Lipinski definition) is 3. The van der Waals surface area contributed by atoms with Crippen molar-refractivity contribution in [2.75, 3.05) is 26.7 Å². The van der Waals surface area contributed by atoms with Gasteiger partial charge >= 0.3 is 0 Å². The Hall–Kier alpha value is -1.55. The third-order valence-electron chi connectivity index (χ3n) is 4.55. The summed E-state index contributed by atoms with van der Waals surface area (Å²) in [6.07, 6.45) is 5.10. The second kappa shape index (κ2) is 9.67. The normalized spacial score (nSPS) is 16.3. The van der Waals surface area contributed by atoms with Crippen LogP contribution in [0.2, 0.25) is 0 Å². The van der Waals surface area contributed by atoms with Crippen LogP contribution in [-0.2, 0) is 11.2 Å². The van der Waals surface area contributed by atoms with Gasteiger partial charge in [-0.3, -0.25) is 4.79 Å². The first kappa shape index (κ1) is 18.8. The number of rotatable bonds is 8. The van der Waals surface area contributed by atoms with Gasteiger partial charge in [0.05, 0.1) is 6.10 Å². The van der Waals surface area contributed by atoms with Crippen molar-refractivity contribution >= 4 is 5.91 Å². The molecule has 0 aliphatic carbocycles. The van der Waals surface area contributed by atoms with Gasteiger partial charge in [-0.05, 0) is 83.3 Å². The number of likely N-dealkylation sites (tertiary alicyclic amines) is 1. The number of piperidine rings is 1. The number of benzene rings is 1. The molecule has 4 nitrogen and oxygen atoms in total. The molecule has 1 N–H and O–H groups in total. The van der Waals surface area contributed by atoms with E-state index in [-0.39, 0.29) is 12.0 Å². The number of nitrogens with zero attached hydrogens (tertiary/aromatic N) is 1. The predicted octanol–water partition coefficient (Wildman–Crippen LogP) is 3.25. The quantitative estimate of drug-likeness (QED) is 0.743. The van der Waals surface area contributed by atoms with E-state index >= 15 is 0 Å². The van der Waals surface area contributed by atoms with Crippen LogP contribution in [0.3, 0.4) is 0 Å². The van der Waals surface area contributed by atoms with Crippen LogP contribution in [-0.4, -0.2) is 43.6 Å². The predicted molar refractivity (Wildman–Crippen MR) is 98.4 cm³/mol. The lowest BCUT2D eigenvalue weighted by Crippen LogP contribution is -2.33. The average molecular weight is 332 g/mol. The number of carbonyl (C=O) groups is 1. The molecule has 0 radical (unpaired) electrons. The first-order valence-corrected chi connectivity index (χ1v) is 9.24. The highest BCUT2D eigenvalue weighted by atomic mass is 16.5. The van der Waals surface area contributed by atoms with Crippen LogP contribution in [0.5, 0.6) is 5.75 Å². The van der Waals surface area contributed by atoms with E-state index < -0.39 is 0 Å². The Labute approximate surface area is 146 Å². The molecule has 0 aromatic heterocycles. The Morgan fingerprint density at radius 2 is 2.08 bits per heavy atom. The number of nitrogens with one attached hydrogen (secondary N) is 1. The molecule has 1 aromatic rings. The van der Waals surface area contributed by atoms with Crippen molar-refractivity contribution in [2.24, 2.45) is 5.92 Å². The van der Waals surface area contributed by atoms with Gasteiger partial charge in [-0.15, -0.1) is 0 Å². The van der Waals surface area contributed by atoms with Gasteiger partial charge in [-0.2, -0.15) is 0 Å². The zero-order chi connectivity index (χ0) is 17.4. The van der Waals surface area contributed by atoms with Crippen LogP contribution in [0.1, 0.15) is 45.1 Å². The Bertz CT molecular complexity index is 508. The van der Waals surface area contributed by atoms with Gasteiger partial charge in [0, 0.05) is 13.0 Å². The second-order valence-corrected chi connectivity index (χ2v) is 7.22. The van der Waals surface area contributed by atoms with E-state index in [0.29, 0.717) is 12.3 Å². The minimum absolute atomic E-state index is 0.194. The Kier molecular flexibility index (Phi) is 7.57. The van der Waals surface area contributed by atoms with Crippen LogP contribution in [0.25, 0.3) is 0 Å². The maximum absolute atomic E-state index is 12.0. The summed E-state index contributed by atoms with van der Waals surface area (Å²) in [6.45, 7) is 7.05. The van der Waals surface area contributed by atoms with Crippen LogP contribution in [0.15, 0.2) is 24.3 Å². The molecule has 0 unspecified atom stereocenters. The molecule has 4 heteroatoms. The summed E-state index contributed by atoms with van der Waals surface area (Å²) in [5.41, 5.74) is 1.26. The number of ether oxygens (including phenoxy) is 1. The molecule has 1 amide bonds. The summed E-state index contributed by atoms with van der Waals surface area (Å²) < 4.78 is 5.72.